The summed E-state index contributed by atoms with van der Waals surface area (Å²) in [5.41, 5.74) is 0.881. The molecule has 146 valence electrons. The molecule has 3 rings (SSSR count). The van der Waals surface area contributed by atoms with E-state index in [4.69, 9.17) is 16.1 Å². The van der Waals surface area contributed by atoms with Crippen molar-refractivity contribution in [2.24, 2.45) is 0 Å². The van der Waals surface area contributed by atoms with Crippen LogP contribution in [-0.4, -0.2) is 76.6 Å². The number of hydrogen-bond donors (Lipinski definition) is 0. The number of piperazine rings is 1. The van der Waals surface area contributed by atoms with E-state index in [1.807, 2.05) is 45.2 Å². The summed E-state index contributed by atoms with van der Waals surface area (Å²) in [7, 11) is 1.86. The van der Waals surface area contributed by atoms with Crippen molar-refractivity contribution in [3.63, 3.8) is 0 Å². The van der Waals surface area contributed by atoms with Gasteiger partial charge in [0.05, 0.1) is 13.1 Å². The van der Waals surface area contributed by atoms with Crippen molar-refractivity contribution in [2.75, 3.05) is 39.8 Å². The molecule has 1 aromatic carbocycles. The zero-order valence-electron chi connectivity index (χ0n) is 16.1. The van der Waals surface area contributed by atoms with Crippen LogP contribution in [0.5, 0.6) is 0 Å². The normalized spacial score (nSPS) is 16.0. The molecule has 1 aliphatic rings. The predicted octanol–water partition coefficient (Wildman–Crippen LogP) is 2.37. The molecule has 0 saturated carbocycles. The number of carbonyl (C=O) groups is 1. The lowest BCUT2D eigenvalue weighted by molar-refractivity contribution is -0.133. The monoisotopic (exact) mass is 391 g/mol. The van der Waals surface area contributed by atoms with E-state index in [0.29, 0.717) is 29.8 Å². The topological polar surface area (TPSA) is 65.7 Å². The Labute approximate surface area is 164 Å². The highest BCUT2D eigenvalue weighted by molar-refractivity contribution is 6.30. The van der Waals surface area contributed by atoms with Crippen LogP contribution < -0.4 is 0 Å². The Morgan fingerprint density at radius 1 is 1.19 bits per heavy atom. The minimum absolute atomic E-state index is 0.169. The van der Waals surface area contributed by atoms with Gasteiger partial charge in [-0.15, -0.1) is 0 Å². The molecule has 1 aromatic heterocycles. The molecule has 2 heterocycles. The highest BCUT2D eigenvalue weighted by Crippen LogP contribution is 2.19. The van der Waals surface area contributed by atoms with Gasteiger partial charge in [0.2, 0.25) is 17.6 Å². The highest BCUT2D eigenvalue weighted by Gasteiger charge is 2.22. The van der Waals surface area contributed by atoms with Crippen molar-refractivity contribution in [2.45, 2.75) is 26.4 Å². The summed E-state index contributed by atoms with van der Waals surface area (Å²) in [5.74, 6) is 1.34. The van der Waals surface area contributed by atoms with Crippen molar-refractivity contribution in [3.8, 4) is 11.4 Å². The summed E-state index contributed by atoms with van der Waals surface area (Å²) in [6, 6.07) is 7.60. The molecule has 0 bridgehead atoms. The fourth-order valence-corrected chi connectivity index (χ4v) is 3.05. The van der Waals surface area contributed by atoms with Crippen LogP contribution in [0.2, 0.25) is 5.02 Å². The summed E-state index contributed by atoms with van der Waals surface area (Å²) < 4.78 is 5.39. The Kier molecular flexibility index (Phi) is 6.46. The van der Waals surface area contributed by atoms with Gasteiger partial charge >= 0.3 is 0 Å². The third-order valence-corrected chi connectivity index (χ3v) is 5.17. The number of aromatic nitrogens is 2. The number of benzene rings is 1. The largest absolute Gasteiger partial charge is 0.342 e. The lowest BCUT2D eigenvalue weighted by Gasteiger charge is -2.34. The fraction of sp³-hybridized carbons (Fsp3) is 0.526. The number of rotatable bonds is 6. The van der Waals surface area contributed by atoms with Gasteiger partial charge in [0, 0.05) is 49.9 Å². The van der Waals surface area contributed by atoms with Crippen LogP contribution in [0.4, 0.5) is 0 Å². The molecule has 1 saturated heterocycles. The average molecular weight is 392 g/mol. The van der Waals surface area contributed by atoms with E-state index in [2.05, 4.69) is 19.9 Å². The first-order chi connectivity index (χ1) is 12.9. The number of amides is 1. The molecule has 0 radical (unpaired) electrons. The molecule has 0 atom stereocenters. The third-order valence-electron chi connectivity index (χ3n) is 4.92. The van der Waals surface area contributed by atoms with Crippen LogP contribution in [0, 0.1) is 0 Å². The number of nitrogens with zero attached hydrogens (tertiary/aromatic N) is 5. The van der Waals surface area contributed by atoms with Crippen LogP contribution in [0.3, 0.4) is 0 Å². The molecule has 2 aromatic rings. The summed E-state index contributed by atoms with van der Waals surface area (Å²) in [6.45, 7) is 8.61. The third kappa shape index (κ3) is 5.28. The number of halogens is 1. The second kappa shape index (κ2) is 8.82. The maximum Gasteiger partial charge on any atom is 0.241 e. The van der Waals surface area contributed by atoms with Gasteiger partial charge in [0.25, 0.3) is 0 Å². The SMILES string of the molecule is CC(C)N(C)C(=O)CN1CCN(Cc2nc(-c3ccc(Cl)cc3)no2)CC1. The van der Waals surface area contributed by atoms with E-state index in [1.165, 1.54) is 0 Å². The van der Waals surface area contributed by atoms with E-state index in [-0.39, 0.29) is 11.9 Å². The van der Waals surface area contributed by atoms with E-state index in [1.54, 1.807) is 4.90 Å². The lowest BCUT2D eigenvalue weighted by atomic mass is 10.2. The first-order valence-corrected chi connectivity index (χ1v) is 9.59. The first kappa shape index (κ1) is 19.8. The maximum atomic E-state index is 12.2. The van der Waals surface area contributed by atoms with E-state index < -0.39 is 0 Å². The molecular formula is C19H26ClN5O2. The van der Waals surface area contributed by atoms with Crippen molar-refractivity contribution in [1.82, 2.24) is 24.8 Å². The standard InChI is InChI=1S/C19H26ClN5O2/c1-14(2)23(3)18(26)13-25-10-8-24(9-11-25)12-17-21-19(22-27-17)15-4-6-16(20)7-5-15/h4-7,14H,8-13H2,1-3H3. The van der Waals surface area contributed by atoms with Crippen LogP contribution in [0.15, 0.2) is 28.8 Å². The lowest BCUT2D eigenvalue weighted by Crippen LogP contribution is -2.50. The van der Waals surface area contributed by atoms with Crippen LogP contribution >= 0.6 is 11.6 Å². The number of likely N-dealkylation sites (N-methyl/N-ethyl adjacent to an activating group) is 1. The molecule has 0 N–H and O–H groups in total. The molecule has 0 unspecified atom stereocenters. The molecule has 0 aliphatic carbocycles. The van der Waals surface area contributed by atoms with Gasteiger partial charge in [-0.25, -0.2) is 0 Å². The second-order valence-electron chi connectivity index (χ2n) is 7.17. The summed E-state index contributed by atoms with van der Waals surface area (Å²) in [5, 5.41) is 4.73. The van der Waals surface area contributed by atoms with E-state index in [9.17, 15) is 4.79 Å². The molecule has 1 amide bonds. The fourth-order valence-electron chi connectivity index (χ4n) is 2.92. The highest BCUT2D eigenvalue weighted by atomic mass is 35.5. The van der Waals surface area contributed by atoms with E-state index >= 15 is 0 Å². The second-order valence-corrected chi connectivity index (χ2v) is 7.61. The van der Waals surface area contributed by atoms with Crippen molar-refractivity contribution >= 4 is 17.5 Å². The summed E-state index contributed by atoms with van der Waals surface area (Å²) in [4.78, 5) is 23.0. The van der Waals surface area contributed by atoms with Crippen molar-refractivity contribution in [3.05, 3.63) is 35.2 Å². The zero-order chi connectivity index (χ0) is 19.4. The molecule has 8 heteroatoms. The Hall–Kier alpha value is -1.96. The first-order valence-electron chi connectivity index (χ1n) is 9.21. The maximum absolute atomic E-state index is 12.2. The zero-order valence-corrected chi connectivity index (χ0v) is 16.8. The molecule has 0 spiro atoms. The van der Waals surface area contributed by atoms with Crippen LogP contribution in [0.25, 0.3) is 11.4 Å². The Morgan fingerprint density at radius 2 is 1.81 bits per heavy atom. The Bertz CT molecular complexity index is 754. The van der Waals surface area contributed by atoms with Gasteiger partial charge in [0.1, 0.15) is 0 Å². The molecule has 1 fully saturated rings. The Morgan fingerprint density at radius 3 is 2.44 bits per heavy atom. The van der Waals surface area contributed by atoms with Crippen LogP contribution in [0.1, 0.15) is 19.7 Å². The summed E-state index contributed by atoms with van der Waals surface area (Å²) >= 11 is 5.91. The molecular weight excluding hydrogens is 366 g/mol. The minimum atomic E-state index is 0.169. The molecule has 27 heavy (non-hydrogen) atoms. The Balaban J connectivity index is 1.48. The van der Waals surface area contributed by atoms with Gasteiger partial charge in [-0.05, 0) is 38.1 Å². The summed E-state index contributed by atoms with van der Waals surface area (Å²) in [6.07, 6.45) is 0. The molecule has 7 nitrogen and oxygen atoms in total. The smallest absolute Gasteiger partial charge is 0.241 e. The predicted molar refractivity (Wildman–Crippen MR) is 104 cm³/mol. The molecule has 1 aliphatic heterocycles. The average Bonchev–Trinajstić information content (AvgIpc) is 3.11. The van der Waals surface area contributed by atoms with E-state index in [0.717, 1.165) is 31.7 Å². The van der Waals surface area contributed by atoms with Gasteiger partial charge < -0.3 is 9.42 Å². The van der Waals surface area contributed by atoms with Gasteiger partial charge in [-0.3, -0.25) is 14.6 Å². The van der Waals surface area contributed by atoms with Crippen LogP contribution in [-0.2, 0) is 11.3 Å². The van der Waals surface area contributed by atoms with Gasteiger partial charge in [-0.2, -0.15) is 4.98 Å². The number of carbonyl (C=O) groups excluding carboxylic acids is 1. The van der Waals surface area contributed by atoms with Gasteiger partial charge in [-0.1, -0.05) is 16.8 Å². The minimum Gasteiger partial charge on any atom is -0.342 e. The van der Waals surface area contributed by atoms with Gasteiger partial charge in [0.15, 0.2) is 0 Å². The van der Waals surface area contributed by atoms with Crippen molar-refractivity contribution in [1.29, 1.82) is 0 Å². The van der Waals surface area contributed by atoms with Crippen molar-refractivity contribution < 1.29 is 9.32 Å². The number of hydrogen-bond acceptors (Lipinski definition) is 6. The quantitative estimate of drug-likeness (QED) is 0.753.